The van der Waals surface area contributed by atoms with Gasteiger partial charge in [-0.2, -0.15) is 0 Å². The number of aromatic nitrogens is 2. The number of benzene rings is 1. The number of rotatable bonds is 8. The topological polar surface area (TPSA) is 93.6 Å². The van der Waals surface area contributed by atoms with Crippen molar-refractivity contribution in [1.82, 2.24) is 15.3 Å². The first kappa shape index (κ1) is 25.0. The number of nitrogens with one attached hydrogen (secondary N) is 1. The van der Waals surface area contributed by atoms with Gasteiger partial charge in [-0.3, -0.25) is 14.5 Å². The van der Waals surface area contributed by atoms with E-state index in [0.717, 1.165) is 17.0 Å². The van der Waals surface area contributed by atoms with E-state index in [0.29, 0.717) is 26.1 Å². The van der Waals surface area contributed by atoms with Crippen LogP contribution >= 0.6 is 23.2 Å². The number of carbonyl (C=O) groups is 2. The molecule has 8 nitrogen and oxygen atoms in total. The lowest BCUT2D eigenvalue weighted by atomic mass is 10.0. The molecule has 1 aliphatic rings. The van der Waals surface area contributed by atoms with Crippen LogP contribution in [0.4, 0.5) is 18.9 Å². The molecule has 1 N–H and O–H groups in total. The van der Waals surface area contributed by atoms with Gasteiger partial charge in [-0.1, -0.05) is 11.6 Å². The third kappa shape index (κ3) is 6.92. The smallest absolute Gasteiger partial charge is 0.420 e. The summed E-state index contributed by atoms with van der Waals surface area (Å²) in [5.74, 6) is -2.20. The van der Waals surface area contributed by atoms with Gasteiger partial charge in [-0.15, -0.1) is 8.78 Å². The highest BCUT2D eigenvalue weighted by Crippen LogP contribution is 2.32. The van der Waals surface area contributed by atoms with E-state index in [-0.39, 0.29) is 23.0 Å². The molecule has 0 bridgehead atoms. The second-order valence-corrected chi connectivity index (χ2v) is 7.84. The first-order valence-corrected chi connectivity index (χ1v) is 10.6. The van der Waals surface area contributed by atoms with Crippen molar-refractivity contribution in [3.05, 3.63) is 48.5 Å². The van der Waals surface area contributed by atoms with E-state index in [1.807, 2.05) is 0 Å². The summed E-state index contributed by atoms with van der Waals surface area (Å²) in [7, 11) is 0. The molecular weight excluding hydrogens is 488 g/mol. The Bertz CT molecular complexity index is 943. The fraction of sp³-hybridized carbons (Fsp3) is 0.400. The summed E-state index contributed by atoms with van der Waals surface area (Å²) in [5, 5.41) is 2.83. The molecule has 0 saturated carbocycles. The van der Waals surface area contributed by atoms with Gasteiger partial charge in [0.15, 0.2) is 0 Å². The summed E-state index contributed by atoms with van der Waals surface area (Å²) in [6.07, 6.45) is 4.93. The number of alkyl halides is 5. The Labute approximate surface area is 197 Å². The summed E-state index contributed by atoms with van der Waals surface area (Å²) in [6, 6.07) is 2.92. The molecule has 1 fully saturated rings. The average molecular weight is 507 g/mol. The van der Waals surface area contributed by atoms with Crippen molar-refractivity contribution in [3.8, 4) is 5.75 Å². The molecule has 1 aromatic heterocycles. The summed E-state index contributed by atoms with van der Waals surface area (Å²) in [4.78, 5) is 34.6. The third-order valence-electron chi connectivity index (χ3n) is 4.74. The Morgan fingerprint density at radius 1 is 1.18 bits per heavy atom. The van der Waals surface area contributed by atoms with Gasteiger partial charge < -0.3 is 14.8 Å². The molecule has 1 saturated heterocycles. The molecule has 13 heteroatoms. The van der Waals surface area contributed by atoms with E-state index in [4.69, 9.17) is 27.9 Å². The number of anilines is 1. The van der Waals surface area contributed by atoms with E-state index in [9.17, 15) is 22.8 Å². The van der Waals surface area contributed by atoms with E-state index >= 15 is 0 Å². The van der Waals surface area contributed by atoms with Crippen molar-refractivity contribution in [3.63, 3.8) is 0 Å². The van der Waals surface area contributed by atoms with E-state index in [1.54, 1.807) is 0 Å². The standard InChI is InChI=1S/C20H19Cl2F3N4O4/c21-17(23)19(31)29(14-1-3-15(4-2-14)33-20(22,24)25)16(12-9-26-11-27-10-12)18(30)28-13-5-7-32-8-6-13/h1-4,9-11,13,16-17H,5-8H2,(H,28,30)/t16?,17-/m0/s1. The van der Waals surface area contributed by atoms with E-state index in [1.165, 1.54) is 30.9 Å². The molecule has 1 unspecified atom stereocenters. The number of ether oxygens (including phenoxy) is 2. The molecule has 1 aromatic carbocycles. The highest BCUT2D eigenvalue weighted by molar-refractivity contribution is 6.32. The minimum absolute atomic E-state index is 0.00970. The van der Waals surface area contributed by atoms with Gasteiger partial charge in [0.1, 0.15) is 18.1 Å². The van der Waals surface area contributed by atoms with Crippen LogP contribution in [0, 0.1) is 0 Å². The lowest BCUT2D eigenvalue weighted by Crippen LogP contribution is -2.49. The molecule has 33 heavy (non-hydrogen) atoms. The summed E-state index contributed by atoms with van der Waals surface area (Å²) in [6.45, 7) is 0.904. The van der Waals surface area contributed by atoms with Crippen LogP contribution in [-0.2, 0) is 14.3 Å². The first-order valence-electron chi connectivity index (χ1n) is 9.76. The minimum Gasteiger partial charge on any atom is -0.420 e. The van der Waals surface area contributed by atoms with Crippen LogP contribution in [0.1, 0.15) is 24.4 Å². The van der Waals surface area contributed by atoms with Crippen LogP contribution < -0.4 is 15.0 Å². The maximum absolute atomic E-state index is 14.0. The Morgan fingerprint density at radius 3 is 2.33 bits per heavy atom. The number of nitrogens with zero attached hydrogens (tertiary/aromatic N) is 3. The zero-order chi connectivity index (χ0) is 24.0. The second kappa shape index (κ2) is 11.0. The number of hydrogen-bond acceptors (Lipinski definition) is 6. The normalized spacial score (nSPS) is 16.5. The Balaban J connectivity index is 1.99. The number of hydrogen-bond donors (Lipinski definition) is 1. The number of carbonyl (C=O) groups excluding carboxylic acids is 2. The van der Waals surface area contributed by atoms with Gasteiger partial charge in [0.25, 0.3) is 11.5 Å². The summed E-state index contributed by atoms with van der Waals surface area (Å²) < 4.78 is 49.4. The molecular formula is C20H19Cl2F3N4O4. The molecule has 0 radical (unpaired) electrons. The van der Waals surface area contributed by atoms with Crippen LogP contribution in [0.5, 0.6) is 5.75 Å². The van der Waals surface area contributed by atoms with Crippen LogP contribution in [0.15, 0.2) is 43.0 Å². The predicted molar refractivity (Wildman–Crippen MR) is 113 cm³/mol. The highest BCUT2D eigenvalue weighted by Gasteiger charge is 2.37. The lowest BCUT2D eigenvalue weighted by Gasteiger charge is -2.33. The molecule has 2 amide bonds. The monoisotopic (exact) mass is 506 g/mol. The molecule has 3 rings (SSSR count). The Hall–Kier alpha value is -2.63. The zero-order valence-corrected chi connectivity index (χ0v) is 18.5. The van der Waals surface area contributed by atoms with Gasteiger partial charge >= 0.3 is 5.57 Å². The number of halogens is 5. The van der Waals surface area contributed by atoms with Gasteiger partial charge in [-0.25, -0.2) is 14.4 Å². The van der Waals surface area contributed by atoms with Crippen LogP contribution in [-0.4, -0.2) is 52.2 Å². The molecule has 2 heterocycles. The van der Waals surface area contributed by atoms with Crippen molar-refractivity contribution in [2.24, 2.45) is 0 Å². The molecule has 1 aliphatic heterocycles. The largest absolute Gasteiger partial charge is 0.487 e. The van der Waals surface area contributed by atoms with Gasteiger partial charge in [0, 0.05) is 54.5 Å². The van der Waals surface area contributed by atoms with Crippen molar-refractivity contribution < 1.29 is 32.2 Å². The molecule has 178 valence electrons. The van der Waals surface area contributed by atoms with E-state index < -0.39 is 29.1 Å². The predicted octanol–water partition coefficient (Wildman–Crippen LogP) is 3.55. The number of amides is 2. The van der Waals surface area contributed by atoms with E-state index in [2.05, 4.69) is 20.0 Å². The molecule has 2 aromatic rings. The first-order chi connectivity index (χ1) is 15.7. The molecule has 0 spiro atoms. The Morgan fingerprint density at radius 2 is 1.79 bits per heavy atom. The van der Waals surface area contributed by atoms with Crippen molar-refractivity contribution in [2.45, 2.75) is 36.1 Å². The average Bonchev–Trinajstić information content (AvgIpc) is 2.77. The van der Waals surface area contributed by atoms with Crippen LogP contribution in [0.25, 0.3) is 0 Å². The van der Waals surface area contributed by atoms with Crippen molar-refractivity contribution >= 4 is 40.7 Å². The maximum atomic E-state index is 14.0. The van der Waals surface area contributed by atoms with Gasteiger partial charge in [-0.05, 0) is 37.1 Å². The van der Waals surface area contributed by atoms with Crippen LogP contribution in [0.3, 0.4) is 0 Å². The fourth-order valence-electron chi connectivity index (χ4n) is 3.31. The Kier molecular flexibility index (Phi) is 8.33. The van der Waals surface area contributed by atoms with Gasteiger partial charge in [0.05, 0.1) is 0 Å². The lowest BCUT2D eigenvalue weighted by molar-refractivity contribution is -0.128. The van der Waals surface area contributed by atoms with Crippen molar-refractivity contribution in [1.29, 1.82) is 0 Å². The summed E-state index contributed by atoms with van der Waals surface area (Å²) in [5.41, 5.74) is -6.27. The van der Waals surface area contributed by atoms with Crippen LogP contribution in [0.2, 0.25) is 0 Å². The van der Waals surface area contributed by atoms with Gasteiger partial charge in [0.2, 0.25) is 5.91 Å². The maximum Gasteiger partial charge on any atom is 0.487 e. The summed E-state index contributed by atoms with van der Waals surface area (Å²) >= 11 is 10.2. The molecule has 2 atom stereocenters. The minimum atomic E-state index is -3.95. The highest BCUT2D eigenvalue weighted by atomic mass is 35.5. The zero-order valence-electron chi connectivity index (χ0n) is 17.0. The quantitative estimate of drug-likeness (QED) is 0.550. The van der Waals surface area contributed by atoms with Crippen molar-refractivity contribution in [2.75, 3.05) is 18.1 Å². The fourth-order valence-corrected chi connectivity index (χ4v) is 3.50. The third-order valence-corrected chi connectivity index (χ3v) is 5.01. The second-order valence-electron chi connectivity index (χ2n) is 7.02. The molecule has 0 aliphatic carbocycles. The SMILES string of the molecule is O=C(NC1CCOCC1)C(c1cncnc1)N(C(=O)[C@H](F)Cl)c1ccc(OC(F)(F)Cl)cc1.